The van der Waals surface area contributed by atoms with E-state index in [1.54, 1.807) is 64.1 Å². The molecule has 0 saturated carbocycles. The Labute approximate surface area is 263 Å². The highest BCUT2D eigenvalue weighted by molar-refractivity contribution is 7.92. The van der Waals surface area contributed by atoms with E-state index in [1.165, 1.54) is 24.3 Å². The third-order valence-electron chi connectivity index (χ3n) is 8.12. The molecule has 0 atom stereocenters. The van der Waals surface area contributed by atoms with Gasteiger partial charge in [0.25, 0.3) is 0 Å². The summed E-state index contributed by atoms with van der Waals surface area (Å²) in [6.07, 6.45) is 0. The maximum Gasteiger partial charge on any atom is 0.213 e. The molecule has 0 spiro atoms. The van der Waals surface area contributed by atoms with Crippen molar-refractivity contribution in [2.24, 2.45) is 0 Å². The Morgan fingerprint density at radius 2 is 1.20 bits per heavy atom. The monoisotopic (exact) mass is 640 g/mol. The predicted octanol–water partition coefficient (Wildman–Crippen LogP) is 7.43. The van der Waals surface area contributed by atoms with Gasteiger partial charge in [-0.1, -0.05) is 54.6 Å². The zero-order chi connectivity index (χ0) is 32.1. The van der Waals surface area contributed by atoms with E-state index in [0.717, 1.165) is 22.3 Å². The number of hydrogen-bond acceptors (Lipinski definition) is 7. The Kier molecular flexibility index (Phi) is 7.71. The maximum atomic E-state index is 13.9. The molecule has 5 aromatic rings. The van der Waals surface area contributed by atoms with Crippen LogP contribution in [0.4, 0.5) is 0 Å². The van der Waals surface area contributed by atoms with Gasteiger partial charge in [0.15, 0.2) is 0 Å². The van der Waals surface area contributed by atoms with Crippen LogP contribution in [0.5, 0.6) is 17.2 Å². The minimum atomic E-state index is -3.95. The highest BCUT2D eigenvalue weighted by atomic mass is 32.2. The van der Waals surface area contributed by atoms with Crippen LogP contribution in [0.2, 0.25) is 0 Å². The van der Waals surface area contributed by atoms with Gasteiger partial charge < -0.3 is 14.6 Å². The fourth-order valence-corrected chi connectivity index (χ4v) is 9.34. The lowest BCUT2D eigenvalue weighted by Gasteiger charge is -2.19. The normalized spacial score (nSPS) is 14.1. The van der Waals surface area contributed by atoms with Crippen molar-refractivity contribution in [2.75, 3.05) is 0 Å². The molecule has 45 heavy (non-hydrogen) atoms. The van der Waals surface area contributed by atoms with E-state index in [0.29, 0.717) is 22.3 Å². The van der Waals surface area contributed by atoms with E-state index in [9.17, 15) is 21.9 Å². The van der Waals surface area contributed by atoms with Crippen LogP contribution in [0.15, 0.2) is 111 Å². The van der Waals surface area contributed by atoms with Crippen molar-refractivity contribution in [3.05, 3.63) is 124 Å². The fraction of sp³-hybridized carbons (Fsp3) is 0.167. The van der Waals surface area contributed by atoms with Crippen LogP contribution in [-0.2, 0) is 32.9 Å². The van der Waals surface area contributed by atoms with Gasteiger partial charge in [0.05, 0.1) is 9.79 Å². The SMILES string of the molecule is Cc1cc(S(=O)(=O)c2c(C)cc(-c3cccc4c3COc3ccccc3S(=O)(=O)c3ccccc3OC4)cc2C)cc(C)c1O. The number of benzene rings is 5. The third-order valence-corrected chi connectivity index (χ3v) is 12.0. The first-order valence-corrected chi connectivity index (χ1v) is 17.3. The summed E-state index contributed by atoms with van der Waals surface area (Å²) in [7, 11) is -7.84. The summed E-state index contributed by atoms with van der Waals surface area (Å²) in [5.74, 6) is 0.546. The highest BCUT2D eigenvalue weighted by Crippen LogP contribution is 2.39. The number of hydrogen-bond donors (Lipinski definition) is 1. The molecule has 0 amide bonds. The second-order valence-electron chi connectivity index (χ2n) is 11.3. The Hall–Kier alpha value is -4.60. The number of aromatic hydroxyl groups is 1. The molecule has 0 fully saturated rings. The summed E-state index contributed by atoms with van der Waals surface area (Å²) in [6.45, 7) is 7.05. The van der Waals surface area contributed by atoms with E-state index in [1.807, 2.05) is 30.3 Å². The van der Waals surface area contributed by atoms with Crippen molar-refractivity contribution in [1.29, 1.82) is 0 Å². The van der Waals surface area contributed by atoms with Crippen LogP contribution in [0.3, 0.4) is 0 Å². The molecule has 1 N–H and O–H groups in total. The topological polar surface area (TPSA) is 107 Å². The fourth-order valence-electron chi connectivity index (χ4n) is 5.94. The number of rotatable bonds is 3. The average molecular weight is 641 g/mol. The van der Waals surface area contributed by atoms with Crippen molar-refractivity contribution < 1.29 is 31.4 Å². The first kappa shape index (κ1) is 30.4. The zero-order valence-electron chi connectivity index (χ0n) is 25.3. The zero-order valence-corrected chi connectivity index (χ0v) is 26.9. The molecule has 0 radical (unpaired) electrons. The predicted molar refractivity (Wildman–Crippen MR) is 171 cm³/mol. The quantitative estimate of drug-likeness (QED) is 0.219. The Bertz CT molecular complexity index is 2160. The van der Waals surface area contributed by atoms with E-state index in [-0.39, 0.29) is 50.0 Å². The van der Waals surface area contributed by atoms with E-state index < -0.39 is 19.7 Å². The number of phenols is 1. The lowest BCUT2D eigenvalue weighted by Crippen LogP contribution is -2.09. The number of sulfone groups is 2. The van der Waals surface area contributed by atoms with Gasteiger partial charge in [-0.05, 0) is 103 Å². The van der Waals surface area contributed by atoms with Crippen LogP contribution in [-0.4, -0.2) is 21.9 Å². The van der Waals surface area contributed by atoms with Gasteiger partial charge in [-0.3, -0.25) is 0 Å². The number of aryl methyl sites for hydroxylation is 4. The molecular weight excluding hydrogens is 609 g/mol. The van der Waals surface area contributed by atoms with Crippen LogP contribution in [0.1, 0.15) is 33.4 Å². The smallest absolute Gasteiger partial charge is 0.213 e. The van der Waals surface area contributed by atoms with Crippen molar-refractivity contribution in [2.45, 2.75) is 60.5 Å². The number of para-hydroxylation sites is 2. The largest absolute Gasteiger partial charge is 0.507 e. The van der Waals surface area contributed by atoms with Crippen LogP contribution in [0.25, 0.3) is 11.1 Å². The maximum absolute atomic E-state index is 13.9. The molecule has 0 unspecified atom stereocenters. The third kappa shape index (κ3) is 5.36. The molecule has 6 rings (SSSR count). The average Bonchev–Trinajstić information content (AvgIpc) is 3.02. The molecule has 9 heteroatoms. The van der Waals surface area contributed by atoms with E-state index >= 15 is 0 Å². The second kappa shape index (κ2) is 11.4. The van der Waals surface area contributed by atoms with Gasteiger partial charge in [0.1, 0.15) is 40.3 Å². The van der Waals surface area contributed by atoms with Crippen molar-refractivity contribution in [3.8, 4) is 28.4 Å². The van der Waals surface area contributed by atoms with E-state index in [2.05, 4.69) is 0 Å². The summed E-state index contributed by atoms with van der Waals surface area (Å²) < 4.78 is 67.6. The molecule has 5 aromatic carbocycles. The summed E-state index contributed by atoms with van der Waals surface area (Å²) in [4.78, 5) is 0.446. The molecule has 1 aliphatic heterocycles. The number of fused-ring (bicyclic) bond motifs is 3. The van der Waals surface area contributed by atoms with E-state index in [4.69, 9.17) is 9.47 Å². The molecule has 1 heterocycles. The summed E-state index contributed by atoms with van der Waals surface area (Å²) in [5.41, 5.74) is 5.34. The minimum absolute atomic E-state index is 0.0444. The van der Waals surface area contributed by atoms with Crippen LogP contribution in [0, 0.1) is 27.7 Å². The molecule has 0 aromatic heterocycles. The van der Waals surface area contributed by atoms with Gasteiger partial charge in [-0.15, -0.1) is 0 Å². The van der Waals surface area contributed by atoms with Crippen LogP contribution < -0.4 is 9.47 Å². The number of phenolic OH excluding ortho intramolecular Hbond substituents is 1. The number of ether oxygens (including phenoxy) is 2. The second-order valence-corrected chi connectivity index (χ2v) is 15.0. The van der Waals surface area contributed by atoms with Gasteiger partial charge in [-0.2, -0.15) is 0 Å². The lowest BCUT2D eigenvalue weighted by atomic mass is 9.93. The van der Waals surface area contributed by atoms with Crippen LogP contribution >= 0.6 is 0 Å². The molecule has 230 valence electrons. The Morgan fingerprint density at radius 1 is 0.667 bits per heavy atom. The molecule has 7 nitrogen and oxygen atoms in total. The Morgan fingerprint density at radius 3 is 1.78 bits per heavy atom. The standard InChI is InChI=1S/C36H32O7S2/c1-22-18-28(19-23(2)35(22)37)44(38,39)36-24(3)16-27(17-25(36)4)29-11-9-10-26-20-42-31-12-5-7-14-33(31)45(40,41)34-15-8-6-13-32(34)43-21-30(26)29/h5-19,37H,20-21H2,1-4H3. The molecule has 0 bridgehead atoms. The van der Waals surface area contributed by atoms with Crippen molar-refractivity contribution >= 4 is 19.7 Å². The van der Waals surface area contributed by atoms with Crippen molar-refractivity contribution in [1.82, 2.24) is 0 Å². The van der Waals surface area contributed by atoms with Gasteiger partial charge in [0.2, 0.25) is 19.7 Å². The summed E-state index contributed by atoms with van der Waals surface area (Å²) in [6, 6.07) is 25.5. The van der Waals surface area contributed by atoms with Gasteiger partial charge >= 0.3 is 0 Å². The molecular formula is C36H32O7S2. The Balaban J connectivity index is 1.48. The molecule has 0 saturated heterocycles. The lowest BCUT2D eigenvalue weighted by molar-refractivity contribution is 0.280. The van der Waals surface area contributed by atoms with Gasteiger partial charge in [-0.25, -0.2) is 16.8 Å². The first-order chi connectivity index (χ1) is 21.4. The van der Waals surface area contributed by atoms with Crippen molar-refractivity contribution in [3.63, 3.8) is 0 Å². The van der Waals surface area contributed by atoms with Gasteiger partial charge in [0, 0.05) is 5.56 Å². The molecule has 1 aliphatic rings. The molecule has 0 aliphatic carbocycles. The summed E-state index contributed by atoms with van der Waals surface area (Å²) >= 11 is 0. The highest BCUT2D eigenvalue weighted by Gasteiger charge is 2.28. The summed E-state index contributed by atoms with van der Waals surface area (Å²) in [5, 5.41) is 10.2. The first-order valence-electron chi connectivity index (χ1n) is 14.4. The minimum Gasteiger partial charge on any atom is -0.507 e.